The van der Waals surface area contributed by atoms with Gasteiger partial charge in [0.25, 0.3) is 0 Å². The van der Waals surface area contributed by atoms with Gasteiger partial charge in [-0.15, -0.1) is 11.3 Å². The highest BCUT2D eigenvalue weighted by Crippen LogP contribution is 2.32. The molecule has 1 atom stereocenters. The lowest BCUT2D eigenvalue weighted by molar-refractivity contribution is 0.170. The fourth-order valence-electron chi connectivity index (χ4n) is 3.28. The summed E-state index contributed by atoms with van der Waals surface area (Å²) in [5.74, 6) is 2.34. The first-order valence-electron chi connectivity index (χ1n) is 7.89. The minimum atomic E-state index is 0.589. The van der Waals surface area contributed by atoms with Crippen LogP contribution in [-0.4, -0.2) is 36.2 Å². The summed E-state index contributed by atoms with van der Waals surface area (Å²) in [5.41, 5.74) is 1.30. The van der Waals surface area contributed by atoms with Gasteiger partial charge in [-0.2, -0.15) is 0 Å². The molecule has 0 unspecified atom stereocenters. The number of ether oxygens (including phenoxy) is 2. The van der Waals surface area contributed by atoms with Crippen LogP contribution in [0.4, 0.5) is 0 Å². The smallest absolute Gasteiger partial charge is 0.161 e. The number of piperidine rings is 1. The van der Waals surface area contributed by atoms with E-state index in [-0.39, 0.29) is 0 Å². The summed E-state index contributed by atoms with van der Waals surface area (Å²) in [7, 11) is 0. The summed E-state index contributed by atoms with van der Waals surface area (Å²) in [6.07, 6.45) is 4.42. The molecule has 0 spiro atoms. The van der Waals surface area contributed by atoms with E-state index < -0.39 is 0 Å². The highest BCUT2D eigenvalue weighted by Gasteiger charge is 2.23. The van der Waals surface area contributed by atoms with Crippen LogP contribution in [0.3, 0.4) is 0 Å². The minimum absolute atomic E-state index is 0.589. The van der Waals surface area contributed by atoms with Gasteiger partial charge in [-0.05, 0) is 37.1 Å². The number of hydrogen-bond acceptors (Lipinski definition) is 5. The molecule has 3 heterocycles. The third kappa shape index (κ3) is 2.96. The van der Waals surface area contributed by atoms with Crippen LogP contribution < -0.4 is 9.47 Å². The van der Waals surface area contributed by atoms with E-state index in [1.165, 1.54) is 23.4 Å². The Kier molecular flexibility index (Phi) is 3.99. The Balaban J connectivity index is 1.44. The van der Waals surface area contributed by atoms with E-state index >= 15 is 0 Å². The molecular weight excluding hydrogens is 296 g/mol. The number of rotatable bonds is 3. The largest absolute Gasteiger partial charge is 0.486 e. The van der Waals surface area contributed by atoms with Crippen molar-refractivity contribution in [1.29, 1.82) is 0 Å². The van der Waals surface area contributed by atoms with Crippen molar-refractivity contribution in [2.24, 2.45) is 0 Å². The fourth-order valence-corrected chi connectivity index (χ4v) is 4.05. The van der Waals surface area contributed by atoms with Crippen LogP contribution in [0.2, 0.25) is 0 Å². The quantitative estimate of drug-likeness (QED) is 0.870. The van der Waals surface area contributed by atoms with Gasteiger partial charge in [-0.25, -0.2) is 4.98 Å². The number of fused-ring (bicyclic) bond motifs is 1. The second kappa shape index (κ2) is 6.26. The highest BCUT2D eigenvalue weighted by atomic mass is 32.1. The maximum Gasteiger partial charge on any atom is 0.161 e. The molecule has 0 N–H and O–H groups in total. The Labute approximate surface area is 134 Å². The molecular formula is C17H20N2O2S. The van der Waals surface area contributed by atoms with Crippen molar-refractivity contribution in [3.05, 3.63) is 40.3 Å². The Bertz CT molecular complexity index is 630. The molecule has 2 aliphatic rings. The summed E-state index contributed by atoms with van der Waals surface area (Å²) in [6.45, 7) is 4.52. The zero-order chi connectivity index (χ0) is 14.8. The van der Waals surface area contributed by atoms with Crippen molar-refractivity contribution in [2.75, 3.05) is 26.3 Å². The van der Waals surface area contributed by atoms with E-state index in [1.807, 2.05) is 12.3 Å². The molecule has 0 amide bonds. The molecule has 1 aromatic heterocycles. The highest BCUT2D eigenvalue weighted by molar-refractivity contribution is 7.09. The van der Waals surface area contributed by atoms with Gasteiger partial charge in [0.05, 0.1) is 5.01 Å². The van der Waals surface area contributed by atoms with Crippen LogP contribution in [-0.2, 0) is 6.54 Å². The van der Waals surface area contributed by atoms with Gasteiger partial charge in [0.15, 0.2) is 11.5 Å². The standard InChI is InChI=1S/C17H20N2O2S/c1-2-14(17-18-5-9-22-17)12-19(6-1)11-13-3-4-15-16(10-13)21-8-7-20-15/h3-5,9-10,14H,1-2,6-8,11-12H2/t14-/m1/s1. The summed E-state index contributed by atoms with van der Waals surface area (Å²) in [6, 6.07) is 6.31. The van der Waals surface area contributed by atoms with Crippen molar-refractivity contribution in [2.45, 2.75) is 25.3 Å². The Morgan fingerprint density at radius 1 is 1.23 bits per heavy atom. The Hall–Kier alpha value is -1.59. The number of aromatic nitrogens is 1. The van der Waals surface area contributed by atoms with E-state index in [0.717, 1.165) is 31.1 Å². The molecule has 5 heteroatoms. The predicted molar refractivity (Wildman–Crippen MR) is 86.8 cm³/mol. The molecule has 0 saturated carbocycles. The van der Waals surface area contributed by atoms with Crippen LogP contribution in [0, 0.1) is 0 Å². The first kappa shape index (κ1) is 14.0. The molecule has 1 saturated heterocycles. The molecule has 2 aliphatic heterocycles. The summed E-state index contributed by atoms with van der Waals surface area (Å²) in [5, 5.41) is 3.36. The van der Waals surface area contributed by atoms with Crippen LogP contribution in [0.5, 0.6) is 11.5 Å². The zero-order valence-corrected chi connectivity index (χ0v) is 13.3. The normalized spacial score (nSPS) is 21.7. The van der Waals surface area contributed by atoms with Gasteiger partial charge < -0.3 is 9.47 Å². The molecule has 4 rings (SSSR count). The Morgan fingerprint density at radius 3 is 3.00 bits per heavy atom. The summed E-state index contributed by atoms with van der Waals surface area (Å²) in [4.78, 5) is 7.02. The lowest BCUT2D eigenvalue weighted by atomic mass is 9.98. The first-order valence-corrected chi connectivity index (χ1v) is 8.77. The third-order valence-electron chi connectivity index (χ3n) is 4.32. The average molecular weight is 316 g/mol. The Morgan fingerprint density at radius 2 is 2.14 bits per heavy atom. The molecule has 2 aromatic rings. The van der Waals surface area contributed by atoms with Gasteiger partial charge in [-0.3, -0.25) is 4.90 Å². The minimum Gasteiger partial charge on any atom is -0.486 e. The molecule has 0 radical (unpaired) electrons. The molecule has 4 nitrogen and oxygen atoms in total. The van der Waals surface area contributed by atoms with Gasteiger partial charge in [0.2, 0.25) is 0 Å². The van der Waals surface area contributed by atoms with Crippen molar-refractivity contribution < 1.29 is 9.47 Å². The number of hydrogen-bond donors (Lipinski definition) is 0. The van der Waals surface area contributed by atoms with Crippen molar-refractivity contribution >= 4 is 11.3 Å². The lowest BCUT2D eigenvalue weighted by Gasteiger charge is -2.32. The fraction of sp³-hybridized carbons (Fsp3) is 0.471. The summed E-state index contributed by atoms with van der Waals surface area (Å²) < 4.78 is 11.3. The van der Waals surface area contributed by atoms with Crippen molar-refractivity contribution in [1.82, 2.24) is 9.88 Å². The van der Waals surface area contributed by atoms with Crippen LogP contribution in [0.25, 0.3) is 0 Å². The first-order chi connectivity index (χ1) is 10.9. The molecule has 0 bridgehead atoms. The summed E-state index contributed by atoms with van der Waals surface area (Å²) >= 11 is 1.78. The second-order valence-electron chi connectivity index (χ2n) is 5.92. The van der Waals surface area contributed by atoms with E-state index in [4.69, 9.17) is 9.47 Å². The molecule has 22 heavy (non-hydrogen) atoms. The molecule has 0 aliphatic carbocycles. The SMILES string of the molecule is c1csc([C@@H]2CCCN(Cc3ccc4c(c3)OCCO4)C2)n1. The van der Waals surface area contributed by atoms with Crippen molar-refractivity contribution in [3.63, 3.8) is 0 Å². The molecule has 1 fully saturated rings. The van der Waals surface area contributed by atoms with E-state index in [0.29, 0.717) is 19.1 Å². The van der Waals surface area contributed by atoms with Crippen LogP contribution in [0.1, 0.15) is 29.3 Å². The van der Waals surface area contributed by atoms with Gasteiger partial charge in [0, 0.05) is 30.6 Å². The zero-order valence-electron chi connectivity index (χ0n) is 12.5. The van der Waals surface area contributed by atoms with E-state index in [9.17, 15) is 0 Å². The van der Waals surface area contributed by atoms with Crippen molar-refractivity contribution in [3.8, 4) is 11.5 Å². The maximum absolute atomic E-state index is 5.68. The second-order valence-corrected chi connectivity index (χ2v) is 6.85. The van der Waals surface area contributed by atoms with Gasteiger partial charge >= 0.3 is 0 Å². The third-order valence-corrected chi connectivity index (χ3v) is 5.26. The number of thiazole rings is 1. The number of likely N-dealkylation sites (tertiary alicyclic amines) is 1. The molecule has 1 aromatic carbocycles. The van der Waals surface area contributed by atoms with Crippen LogP contribution in [0.15, 0.2) is 29.8 Å². The van der Waals surface area contributed by atoms with Gasteiger partial charge in [-0.1, -0.05) is 6.07 Å². The number of benzene rings is 1. The van der Waals surface area contributed by atoms with Gasteiger partial charge in [0.1, 0.15) is 13.2 Å². The topological polar surface area (TPSA) is 34.6 Å². The van der Waals surface area contributed by atoms with Crippen LogP contribution >= 0.6 is 11.3 Å². The predicted octanol–water partition coefficient (Wildman–Crippen LogP) is 3.29. The monoisotopic (exact) mass is 316 g/mol. The average Bonchev–Trinajstić information content (AvgIpc) is 3.10. The maximum atomic E-state index is 5.68. The lowest BCUT2D eigenvalue weighted by Crippen LogP contribution is -2.33. The van der Waals surface area contributed by atoms with E-state index in [1.54, 1.807) is 11.3 Å². The molecule has 116 valence electrons. The van der Waals surface area contributed by atoms with E-state index in [2.05, 4.69) is 27.4 Å². The number of nitrogens with zero attached hydrogens (tertiary/aromatic N) is 2.